The monoisotopic (exact) mass is 378 g/mol. The molecule has 7 heteroatoms. The minimum atomic E-state index is -3.86. The van der Waals surface area contributed by atoms with Crippen LogP contribution in [0.5, 0.6) is 0 Å². The molecule has 2 rings (SSSR count). The van der Waals surface area contributed by atoms with Gasteiger partial charge in [0.25, 0.3) is 0 Å². The molecule has 142 valence electrons. The molecule has 0 aliphatic heterocycles. The van der Waals surface area contributed by atoms with E-state index in [1.165, 1.54) is 0 Å². The Kier molecular flexibility index (Phi) is 6.26. The summed E-state index contributed by atoms with van der Waals surface area (Å²) in [6.07, 6.45) is 0. The first kappa shape index (κ1) is 20.2. The van der Waals surface area contributed by atoms with E-state index in [1.807, 2.05) is 37.3 Å². The summed E-state index contributed by atoms with van der Waals surface area (Å²) in [6.45, 7) is 7.46. The van der Waals surface area contributed by atoms with Crippen molar-refractivity contribution in [1.29, 1.82) is 0 Å². The molecule has 0 radical (unpaired) electrons. The van der Waals surface area contributed by atoms with Gasteiger partial charge in [-0.05, 0) is 32.3 Å². The maximum atomic E-state index is 13.0. The molecule has 0 aliphatic carbocycles. The molecule has 0 saturated heterocycles. The Morgan fingerprint density at radius 1 is 1.19 bits per heavy atom. The molecule has 26 heavy (non-hydrogen) atoms. The number of benzene rings is 1. The SMILES string of the molecule is CCOC(=O)c1c(S(=O)(=O)NC[C@@H](C)c2ccccc2)c(C)n(C)c1C. The number of carbonyl (C=O) groups is 1. The van der Waals surface area contributed by atoms with Gasteiger partial charge in [-0.25, -0.2) is 17.9 Å². The van der Waals surface area contributed by atoms with Gasteiger partial charge in [-0.1, -0.05) is 37.3 Å². The number of nitrogens with one attached hydrogen (secondary N) is 1. The molecule has 0 bridgehead atoms. The topological polar surface area (TPSA) is 77.4 Å². The first-order chi connectivity index (χ1) is 12.2. The Morgan fingerprint density at radius 3 is 2.38 bits per heavy atom. The van der Waals surface area contributed by atoms with Gasteiger partial charge in [0.1, 0.15) is 10.5 Å². The number of rotatable bonds is 7. The van der Waals surface area contributed by atoms with E-state index in [-0.39, 0.29) is 29.5 Å². The second kappa shape index (κ2) is 8.05. The fourth-order valence-corrected chi connectivity index (χ4v) is 4.53. The summed E-state index contributed by atoms with van der Waals surface area (Å²) in [5, 5.41) is 0. The zero-order chi connectivity index (χ0) is 19.5. The zero-order valence-corrected chi connectivity index (χ0v) is 16.7. The van der Waals surface area contributed by atoms with E-state index in [2.05, 4.69) is 4.72 Å². The van der Waals surface area contributed by atoms with Gasteiger partial charge in [-0.2, -0.15) is 0 Å². The lowest BCUT2D eigenvalue weighted by atomic mass is 10.0. The fraction of sp³-hybridized carbons (Fsp3) is 0.421. The van der Waals surface area contributed by atoms with Crippen LogP contribution in [0.25, 0.3) is 0 Å². The molecule has 0 unspecified atom stereocenters. The number of ether oxygens (including phenoxy) is 1. The third-order valence-corrected chi connectivity index (χ3v) is 6.20. The summed E-state index contributed by atoms with van der Waals surface area (Å²) in [5.74, 6) is -0.618. The first-order valence-electron chi connectivity index (χ1n) is 8.58. The van der Waals surface area contributed by atoms with Crippen LogP contribution in [0.2, 0.25) is 0 Å². The van der Waals surface area contributed by atoms with Crippen LogP contribution < -0.4 is 4.72 Å². The number of carbonyl (C=O) groups excluding carboxylic acids is 1. The zero-order valence-electron chi connectivity index (χ0n) is 15.9. The quantitative estimate of drug-likeness (QED) is 0.752. The maximum Gasteiger partial charge on any atom is 0.341 e. The van der Waals surface area contributed by atoms with E-state index in [0.29, 0.717) is 11.4 Å². The highest BCUT2D eigenvalue weighted by atomic mass is 32.2. The minimum Gasteiger partial charge on any atom is -0.462 e. The van der Waals surface area contributed by atoms with Crippen molar-refractivity contribution in [2.75, 3.05) is 13.2 Å². The van der Waals surface area contributed by atoms with E-state index in [0.717, 1.165) is 5.56 Å². The van der Waals surface area contributed by atoms with Gasteiger partial charge >= 0.3 is 5.97 Å². The van der Waals surface area contributed by atoms with Crippen molar-refractivity contribution in [3.63, 3.8) is 0 Å². The third-order valence-electron chi connectivity index (χ3n) is 4.62. The summed E-state index contributed by atoms with van der Waals surface area (Å²) < 4.78 is 35.3. The van der Waals surface area contributed by atoms with Crippen molar-refractivity contribution in [2.45, 2.75) is 38.5 Å². The van der Waals surface area contributed by atoms with Crippen LogP contribution in [0.1, 0.15) is 47.1 Å². The molecule has 1 aromatic carbocycles. The average molecular weight is 378 g/mol. The molecular formula is C19H26N2O4S. The van der Waals surface area contributed by atoms with Crippen LogP contribution in [0, 0.1) is 13.8 Å². The Hall–Kier alpha value is -2.12. The summed E-state index contributed by atoms with van der Waals surface area (Å²) in [4.78, 5) is 12.3. The highest BCUT2D eigenvalue weighted by molar-refractivity contribution is 7.89. The summed E-state index contributed by atoms with van der Waals surface area (Å²) in [7, 11) is -2.13. The number of esters is 1. The van der Waals surface area contributed by atoms with Gasteiger partial charge in [0, 0.05) is 25.0 Å². The highest BCUT2D eigenvalue weighted by Crippen LogP contribution is 2.27. The van der Waals surface area contributed by atoms with Crippen LogP contribution in [0.4, 0.5) is 0 Å². The van der Waals surface area contributed by atoms with Crippen LogP contribution >= 0.6 is 0 Å². The molecule has 1 N–H and O–H groups in total. The highest BCUT2D eigenvalue weighted by Gasteiger charge is 2.31. The van der Waals surface area contributed by atoms with Gasteiger partial charge in [0.2, 0.25) is 10.0 Å². The lowest BCUT2D eigenvalue weighted by Crippen LogP contribution is -2.29. The normalized spacial score (nSPS) is 12.8. The van der Waals surface area contributed by atoms with Gasteiger partial charge in [0.05, 0.1) is 6.61 Å². The predicted octanol–water partition coefficient (Wildman–Crippen LogP) is 2.90. The Balaban J connectivity index is 2.34. The largest absolute Gasteiger partial charge is 0.462 e. The van der Waals surface area contributed by atoms with E-state index in [4.69, 9.17) is 4.74 Å². The van der Waals surface area contributed by atoms with Crippen molar-refractivity contribution < 1.29 is 17.9 Å². The molecule has 0 aliphatic rings. The van der Waals surface area contributed by atoms with Crippen molar-refractivity contribution in [1.82, 2.24) is 9.29 Å². The fourth-order valence-electron chi connectivity index (χ4n) is 2.90. The molecule has 0 fully saturated rings. The number of hydrogen-bond donors (Lipinski definition) is 1. The summed E-state index contributed by atoms with van der Waals surface area (Å²) in [5.41, 5.74) is 2.22. The Bertz CT molecular complexity index is 886. The molecule has 6 nitrogen and oxygen atoms in total. The molecule has 1 aromatic heterocycles. The van der Waals surface area contributed by atoms with Gasteiger partial charge < -0.3 is 9.30 Å². The van der Waals surface area contributed by atoms with Crippen LogP contribution in [-0.2, 0) is 21.8 Å². The molecular weight excluding hydrogens is 352 g/mol. The van der Waals surface area contributed by atoms with E-state index >= 15 is 0 Å². The molecule has 0 spiro atoms. The molecule has 2 aromatic rings. The summed E-state index contributed by atoms with van der Waals surface area (Å²) >= 11 is 0. The molecule has 0 saturated carbocycles. The maximum absolute atomic E-state index is 13.0. The summed E-state index contributed by atoms with van der Waals surface area (Å²) in [6, 6.07) is 9.68. The Labute approximate surface area is 155 Å². The van der Waals surface area contributed by atoms with Gasteiger partial charge in [0.15, 0.2) is 0 Å². The molecule has 0 amide bonds. The number of aromatic nitrogens is 1. The van der Waals surface area contributed by atoms with Gasteiger partial charge in [-0.3, -0.25) is 0 Å². The van der Waals surface area contributed by atoms with E-state index in [1.54, 1.807) is 32.4 Å². The van der Waals surface area contributed by atoms with E-state index in [9.17, 15) is 13.2 Å². The second-order valence-corrected chi connectivity index (χ2v) is 8.02. The lowest BCUT2D eigenvalue weighted by molar-refractivity contribution is 0.0521. The standard InChI is InChI=1S/C19H26N2O4S/c1-6-25-19(22)17-14(3)21(5)15(4)18(17)26(23,24)20-12-13(2)16-10-8-7-9-11-16/h7-11,13,20H,6,12H2,1-5H3/t13-/m1/s1. The number of hydrogen-bond acceptors (Lipinski definition) is 4. The first-order valence-corrected chi connectivity index (χ1v) is 10.1. The average Bonchev–Trinajstić information content (AvgIpc) is 2.85. The second-order valence-electron chi connectivity index (χ2n) is 6.32. The number of nitrogens with zero attached hydrogens (tertiary/aromatic N) is 1. The van der Waals surface area contributed by atoms with E-state index < -0.39 is 16.0 Å². The van der Waals surface area contributed by atoms with Crippen molar-refractivity contribution in [3.8, 4) is 0 Å². The van der Waals surface area contributed by atoms with Crippen molar-refractivity contribution in [2.24, 2.45) is 7.05 Å². The minimum absolute atomic E-state index is 0.00198. The predicted molar refractivity (Wildman–Crippen MR) is 101 cm³/mol. The van der Waals surface area contributed by atoms with Gasteiger partial charge in [-0.15, -0.1) is 0 Å². The molecule has 1 heterocycles. The third kappa shape index (κ3) is 3.99. The number of sulfonamides is 1. The van der Waals surface area contributed by atoms with Crippen LogP contribution in [0.3, 0.4) is 0 Å². The van der Waals surface area contributed by atoms with Crippen LogP contribution in [0.15, 0.2) is 35.2 Å². The Morgan fingerprint density at radius 2 is 1.81 bits per heavy atom. The molecule has 1 atom stereocenters. The van der Waals surface area contributed by atoms with Crippen molar-refractivity contribution >= 4 is 16.0 Å². The lowest BCUT2D eigenvalue weighted by Gasteiger charge is -2.14. The van der Waals surface area contributed by atoms with Crippen molar-refractivity contribution in [3.05, 3.63) is 52.8 Å². The van der Waals surface area contributed by atoms with Crippen LogP contribution in [-0.4, -0.2) is 32.1 Å². The smallest absolute Gasteiger partial charge is 0.341 e.